The number of carbonyl (C=O) groups excluding carboxylic acids is 3. The molecule has 2 aromatic rings. The number of aliphatic hydroxyl groups is 1. The standard InChI is InChI=1S/C22H23NO2.C6H11NO2.C2H6.CH4O/c1-17(23-13-15-25-16-14-23)21-9-5-19(6-10-21)3-4-20-7-11-22(12-8-20)18(2)24;1-4(5(2)8)6(9)7-3;2*1-2/h5-12,17H,13-16H2,1-2H3;4H,1-3H3,(H,7,9);1-2H3;2H,1H3. The highest BCUT2D eigenvalue weighted by Gasteiger charge is 2.18. The van der Waals surface area contributed by atoms with Gasteiger partial charge in [0.05, 0.1) is 19.1 Å². The Morgan fingerprint density at radius 2 is 1.32 bits per heavy atom. The number of aliphatic hydroxyl groups excluding tert-OH is 1. The number of benzene rings is 2. The normalized spacial score (nSPS) is 13.7. The van der Waals surface area contributed by atoms with Crippen LogP contribution in [0.1, 0.15) is 74.6 Å². The van der Waals surface area contributed by atoms with Crippen molar-refractivity contribution in [3.8, 4) is 11.8 Å². The molecule has 1 aliphatic rings. The molecule has 2 atom stereocenters. The molecule has 1 heterocycles. The van der Waals surface area contributed by atoms with Gasteiger partial charge < -0.3 is 15.2 Å². The quantitative estimate of drug-likeness (QED) is 0.345. The molecule has 1 saturated heterocycles. The zero-order chi connectivity index (χ0) is 29.1. The second-order valence-corrected chi connectivity index (χ2v) is 8.28. The predicted octanol–water partition coefficient (Wildman–Crippen LogP) is 4.27. The van der Waals surface area contributed by atoms with Crippen LogP contribution in [0, 0.1) is 17.8 Å². The van der Waals surface area contributed by atoms with Crippen molar-refractivity contribution in [3.05, 3.63) is 70.8 Å². The molecule has 2 N–H and O–H groups in total. The summed E-state index contributed by atoms with van der Waals surface area (Å²) in [6, 6.07) is 16.3. The van der Waals surface area contributed by atoms with Crippen LogP contribution in [0.25, 0.3) is 0 Å². The molecule has 3 rings (SSSR count). The maximum absolute atomic E-state index is 11.3. The second kappa shape index (κ2) is 19.8. The van der Waals surface area contributed by atoms with Gasteiger partial charge in [-0.3, -0.25) is 19.3 Å². The average Bonchev–Trinajstić information content (AvgIpc) is 2.98. The molecule has 0 aromatic heterocycles. The molecule has 2 unspecified atom stereocenters. The predicted molar refractivity (Wildman–Crippen MR) is 153 cm³/mol. The minimum atomic E-state index is -0.505. The summed E-state index contributed by atoms with van der Waals surface area (Å²) in [7, 11) is 2.52. The Bertz CT molecular complexity index is 1030. The third kappa shape index (κ3) is 12.3. The molecule has 1 amide bonds. The third-order valence-electron chi connectivity index (χ3n) is 5.88. The first-order valence-electron chi connectivity index (χ1n) is 12.9. The van der Waals surface area contributed by atoms with Gasteiger partial charge in [0.25, 0.3) is 0 Å². The average molecular weight is 525 g/mol. The molecular weight excluding hydrogens is 480 g/mol. The first kappa shape index (κ1) is 34.7. The number of nitrogens with zero attached hydrogens (tertiary/aromatic N) is 1. The summed E-state index contributed by atoms with van der Waals surface area (Å²) in [5, 5.41) is 9.39. The highest BCUT2D eigenvalue weighted by Crippen LogP contribution is 2.21. The SMILES string of the molecule is CC.CC(=O)c1ccc(C#Cc2ccc(C(C)N3CCOCC3)cc2)cc1.CNC(=O)C(C)C(C)=O.CO. The number of amides is 1. The van der Waals surface area contributed by atoms with E-state index in [0.29, 0.717) is 11.6 Å². The van der Waals surface area contributed by atoms with Gasteiger partial charge in [0, 0.05) is 50.0 Å². The monoisotopic (exact) mass is 524 g/mol. The van der Waals surface area contributed by atoms with E-state index in [1.165, 1.54) is 19.5 Å². The van der Waals surface area contributed by atoms with E-state index >= 15 is 0 Å². The molecule has 1 aliphatic heterocycles. The fourth-order valence-electron chi connectivity index (χ4n) is 3.35. The lowest BCUT2D eigenvalue weighted by Gasteiger charge is -2.32. The summed E-state index contributed by atoms with van der Waals surface area (Å²) in [5.41, 5.74) is 3.93. The first-order valence-corrected chi connectivity index (χ1v) is 12.9. The molecule has 38 heavy (non-hydrogen) atoms. The lowest BCUT2D eigenvalue weighted by Crippen LogP contribution is -2.37. The minimum Gasteiger partial charge on any atom is -0.400 e. The number of hydrogen-bond donors (Lipinski definition) is 2. The van der Waals surface area contributed by atoms with Gasteiger partial charge in [-0.05, 0) is 57.5 Å². The van der Waals surface area contributed by atoms with E-state index in [1.807, 2.05) is 38.1 Å². The number of nitrogens with one attached hydrogen (secondary N) is 1. The van der Waals surface area contributed by atoms with Crippen LogP contribution < -0.4 is 5.32 Å². The maximum atomic E-state index is 11.3. The van der Waals surface area contributed by atoms with E-state index in [2.05, 4.69) is 53.2 Å². The summed E-state index contributed by atoms with van der Waals surface area (Å²) >= 11 is 0. The number of morpholine rings is 1. The molecule has 0 radical (unpaired) electrons. The van der Waals surface area contributed by atoms with Crippen LogP contribution in [0.4, 0.5) is 0 Å². The molecule has 0 aliphatic carbocycles. The van der Waals surface area contributed by atoms with Crippen molar-refractivity contribution in [1.82, 2.24) is 10.2 Å². The maximum Gasteiger partial charge on any atom is 0.230 e. The van der Waals surface area contributed by atoms with E-state index in [1.54, 1.807) is 13.8 Å². The number of ketones is 2. The largest absolute Gasteiger partial charge is 0.400 e. The zero-order valence-corrected chi connectivity index (χ0v) is 24.1. The van der Waals surface area contributed by atoms with Gasteiger partial charge in [-0.25, -0.2) is 0 Å². The Labute approximate surface area is 228 Å². The minimum absolute atomic E-state index is 0.0736. The molecule has 0 spiro atoms. The van der Waals surface area contributed by atoms with Crippen molar-refractivity contribution >= 4 is 17.5 Å². The third-order valence-corrected chi connectivity index (χ3v) is 5.88. The Morgan fingerprint density at radius 3 is 1.68 bits per heavy atom. The lowest BCUT2D eigenvalue weighted by atomic mass is 10.0. The van der Waals surface area contributed by atoms with Crippen LogP contribution >= 0.6 is 0 Å². The highest BCUT2D eigenvalue weighted by molar-refractivity contribution is 5.99. The summed E-state index contributed by atoms with van der Waals surface area (Å²) in [6.45, 7) is 14.4. The number of rotatable bonds is 5. The molecule has 1 fully saturated rings. The van der Waals surface area contributed by atoms with Crippen LogP contribution in [0.3, 0.4) is 0 Å². The van der Waals surface area contributed by atoms with Gasteiger partial charge in [-0.1, -0.05) is 50.0 Å². The van der Waals surface area contributed by atoms with E-state index in [0.717, 1.165) is 44.5 Å². The molecular formula is C31H44N2O5. The Hall–Kier alpha value is -3.31. The lowest BCUT2D eigenvalue weighted by molar-refractivity contribution is -0.131. The summed E-state index contributed by atoms with van der Waals surface area (Å²) in [5.74, 6) is 5.58. The van der Waals surface area contributed by atoms with Crippen molar-refractivity contribution in [2.24, 2.45) is 5.92 Å². The van der Waals surface area contributed by atoms with Gasteiger partial charge in [-0.2, -0.15) is 0 Å². The number of Topliss-reactive ketones (excluding diaryl/α,β-unsaturated/α-hetero) is 2. The topological polar surface area (TPSA) is 95.9 Å². The smallest absolute Gasteiger partial charge is 0.230 e. The van der Waals surface area contributed by atoms with Gasteiger partial charge >= 0.3 is 0 Å². The molecule has 0 saturated carbocycles. The van der Waals surface area contributed by atoms with Crippen LogP contribution in [-0.4, -0.2) is 67.9 Å². The molecule has 7 nitrogen and oxygen atoms in total. The fraction of sp³-hybridized carbons (Fsp3) is 0.452. The fourth-order valence-corrected chi connectivity index (χ4v) is 3.35. The Morgan fingerprint density at radius 1 is 0.868 bits per heavy atom. The first-order chi connectivity index (χ1) is 18.2. The molecule has 7 heteroatoms. The zero-order valence-electron chi connectivity index (χ0n) is 24.1. The van der Waals surface area contributed by atoms with Gasteiger partial charge in [0.15, 0.2) is 5.78 Å². The van der Waals surface area contributed by atoms with E-state index in [9.17, 15) is 14.4 Å². The highest BCUT2D eigenvalue weighted by atomic mass is 16.5. The Kier molecular flexibility index (Phi) is 18.0. The Balaban J connectivity index is 0.000000891. The number of carbonyl (C=O) groups is 3. The van der Waals surface area contributed by atoms with Gasteiger partial charge in [-0.15, -0.1) is 0 Å². The van der Waals surface area contributed by atoms with Crippen LogP contribution in [0.5, 0.6) is 0 Å². The molecule has 0 bridgehead atoms. The van der Waals surface area contributed by atoms with Crippen LogP contribution in [0.2, 0.25) is 0 Å². The number of hydrogen-bond acceptors (Lipinski definition) is 6. The van der Waals surface area contributed by atoms with E-state index in [-0.39, 0.29) is 17.5 Å². The van der Waals surface area contributed by atoms with Crippen molar-refractivity contribution in [2.45, 2.75) is 47.6 Å². The second-order valence-electron chi connectivity index (χ2n) is 8.28. The van der Waals surface area contributed by atoms with E-state index in [4.69, 9.17) is 9.84 Å². The van der Waals surface area contributed by atoms with Gasteiger partial charge in [0.2, 0.25) is 5.91 Å². The van der Waals surface area contributed by atoms with Crippen LogP contribution in [0.15, 0.2) is 48.5 Å². The van der Waals surface area contributed by atoms with Crippen molar-refractivity contribution < 1.29 is 24.2 Å². The van der Waals surface area contributed by atoms with Crippen molar-refractivity contribution in [3.63, 3.8) is 0 Å². The van der Waals surface area contributed by atoms with Crippen LogP contribution in [-0.2, 0) is 14.3 Å². The van der Waals surface area contributed by atoms with Crippen molar-refractivity contribution in [1.29, 1.82) is 0 Å². The van der Waals surface area contributed by atoms with Gasteiger partial charge in [0.1, 0.15) is 5.78 Å². The number of ether oxygens (including phenoxy) is 1. The van der Waals surface area contributed by atoms with E-state index < -0.39 is 5.92 Å². The molecule has 208 valence electrons. The summed E-state index contributed by atoms with van der Waals surface area (Å²) in [4.78, 5) is 34.8. The summed E-state index contributed by atoms with van der Waals surface area (Å²) < 4.78 is 5.42. The molecule has 2 aromatic carbocycles. The van der Waals surface area contributed by atoms with Crippen molar-refractivity contribution in [2.75, 3.05) is 40.5 Å². The summed E-state index contributed by atoms with van der Waals surface area (Å²) in [6.07, 6.45) is 0.